The quantitative estimate of drug-likeness (QED) is 0.714. The number of aliphatic carboxylic acids is 1. The number of amides is 1. The predicted molar refractivity (Wildman–Crippen MR) is 79.2 cm³/mol. The Hall–Kier alpha value is -2.19. The van der Waals surface area contributed by atoms with E-state index in [1.54, 1.807) is 0 Å². The first-order valence-electron chi connectivity index (χ1n) is 7.10. The highest BCUT2D eigenvalue weighted by Gasteiger charge is 2.48. The average Bonchev–Trinajstić information content (AvgIpc) is 3.07. The number of hydrogen-bond donors (Lipinski definition) is 2. The number of nitrogens with two attached hydrogens (primary N) is 1. The van der Waals surface area contributed by atoms with Gasteiger partial charge in [-0.15, -0.1) is 0 Å². The number of carbonyl (C=O) groups is 2. The van der Waals surface area contributed by atoms with Crippen molar-refractivity contribution in [2.45, 2.75) is 11.3 Å². The van der Waals surface area contributed by atoms with Crippen LogP contribution in [0.4, 0.5) is 5.69 Å². The van der Waals surface area contributed by atoms with Crippen LogP contribution in [-0.4, -0.2) is 20.3 Å². The Labute approximate surface area is 133 Å². The van der Waals surface area contributed by atoms with Crippen LogP contribution in [0.5, 0.6) is 0 Å². The van der Waals surface area contributed by atoms with E-state index in [0.717, 1.165) is 0 Å². The third kappa shape index (κ3) is 2.87. The first kappa shape index (κ1) is 15.7. The Balaban J connectivity index is 1.77. The van der Waals surface area contributed by atoms with Crippen molar-refractivity contribution >= 4 is 27.6 Å². The van der Waals surface area contributed by atoms with Gasteiger partial charge in [0.15, 0.2) is 0 Å². The van der Waals surface area contributed by atoms with Crippen LogP contribution in [-0.2, 0) is 19.6 Å². The fraction of sp³-hybridized carbons (Fsp3) is 0.333. The molecular formula is C15H15N2O5S-. The summed E-state index contributed by atoms with van der Waals surface area (Å²) in [7, 11) is -3.80. The zero-order chi connectivity index (χ0) is 16.8. The molecule has 0 heterocycles. The normalized spacial score (nSPS) is 28.7. The van der Waals surface area contributed by atoms with Crippen molar-refractivity contribution in [1.82, 2.24) is 0 Å². The molecule has 1 aromatic rings. The van der Waals surface area contributed by atoms with Gasteiger partial charge in [-0.3, -0.25) is 4.79 Å². The van der Waals surface area contributed by atoms with Crippen LogP contribution >= 0.6 is 0 Å². The summed E-state index contributed by atoms with van der Waals surface area (Å²) in [6.45, 7) is 0. The van der Waals surface area contributed by atoms with Crippen molar-refractivity contribution < 1.29 is 23.1 Å². The van der Waals surface area contributed by atoms with Gasteiger partial charge in [0.25, 0.3) is 0 Å². The summed E-state index contributed by atoms with van der Waals surface area (Å²) in [5, 5.41) is 18.9. The molecule has 3 rings (SSSR count). The number of fused-ring (bicyclic) bond motifs is 2. The van der Waals surface area contributed by atoms with Crippen LogP contribution < -0.4 is 15.6 Å². The van der Waals surface area contributed by atoms with Crippen molar-refractivity contribution in [2.24, 2.45) is 28.8 Å². The number of carbonyl (C=O) groups excluding carboxylic acids is 2. The second-order valence-corrected chi connectivity index (χ2v) is 7.44. The summed E-state index contributed by atoms with van der Waals surface area (Å²) in [6, 6.07) is 5.38. The van der Waals surface area contributed by atoms with Gasteiger partial charge >= 0.3 is 0 Å². The summed E-state index contributed by atoms with van der Waals surface area (Å²) in [4.78, 5) is 23.7. The van der Waals surface area contributed by atoms with Crippen LogP contribution in [0.3, 0.4) is 0 Å². The molecule has 0 saturated heterocycles. The van der Waals surface area contributed by atoms with E-state index in [9.17, 15) is 23.1 Å². The number of nitrogens with one attached hydrogen (secondary N) is 1. The molecule has 4 atom stereocenters. The number of carboxylic acid groups (broad SMARTS) is 1. The summed E-state index contributed by atoms with van der Waals surface area (Å²) in [5.41, 5.74) is 0.381. The van der Waals surface area contributed by atoms with E-state index in [1.807, 2.05) is 12.2 Å². The van der Waals surface area contributed by atoms with Gasteiger partial charge in [-0.25, -0.2) is 13.6 Å². The van der Waals surface area contributed by atoms with Crippen LogP contribution in [0, 0.1) is 23.7 Å². The van der Waals surface area contributed by atoms with Gasteiger partial charge in [-0.1, -0.05) is 12.2 Å². The number of hydrogen-bond acceptors (Lipinski definition) is 5. The van der Waals surface area contributed by atoms with Crippen molar-refractivity contribution in [1.29, 1.82) is 0 Å². The lowest BCUT2D eigenvalue weighted by Gasteiger charge is -2.27. The molecule has 0 aliphatic heterocycles. The van der Waals surface area contributed by atoms with Crippen molar-refractivity contribution in [3.63, 3.8) is 0 Å². The predicted octanol–water partition coefficient (Wildman–Crippen LogP) is -0.539. The summed E-state index contributed by atoms with van der Waals surface area (Å²) in [5.74, 6) is -3.38. The van der Waals surface area contributed by atoms with E-state index in [2.05, 4.69) is 5.32 Å². The minimum Gasteiger partial charge on any atom is -0.550 e. The number of allylic oxidation sites excluding steroid dienone is 2. The lowest BCUT2D eigenvalue weighted by Crippen LogP contribution is -2.42. The molecule has 1 amide bonds. The topological polar surface area (TPSA) is 129 Å². The third-order valence-electron chi connectivity index (χ3n) is 4.48. The molecule has 8 heteroatoms. The molecule has 2 aliphatic rings. The Morgan fingerprint density at radius 2 is 1.65 bits per heavy atom. The number of carboxylic acids is 1. The highest BCUT2D eigenvalue weighted by Crippen LogP contribution is 2.48. The van der Waals surface area contributed by atoms with E-state index in [0.29, 0.717) is 12.1 Å². The van der Waals surface area contributed by atoms with Crippen molar-refractivity contribution in [3.8, 4) is 0 Å². The third-order valence-corrected chi connectivity index (χ3v) is 5.41. The van der Waals surface area contributed by atoms with Gasteiger partial charge in [0.1, 0.15) is 0 Å². The smallest absolute Gasteiger partial charge is 0.238 e. The number of rotatable bonds is 4. The van der Waals surface area contributed by atoms with Crippen LogP contribution in [0.2, 0.25) is 0 Å². The highest BCUT2D eigenvalue weighted by molar-refractivity contribution is 7.89. The second kappa shape index (κ2) is 5.47. The largest absolute Gasteiger partial charge is 0.550 e. The molecule has 1 saturated carbocycles. The Morgan fingerprint density at radius 1 is 1.09 bits per heavy atom. The van der Waals surface area contributed by atoms with E-state index in [4.69, 9.17) is 5.14 Å². The first-order valence-corrected chi connectivity index (χ1v) is 8.65. The lowest BCUT2D eigenvalue weighted by atomic mass is 9.82. The van der Waals surface area contributed by atoms with E-state index >= 15 is 0 Å². The van der Waals surface area contributed by atoms with E-state index < -0.39 is 33.7 Å². The molecule has 0 spiro atoms. The Bertz CT molecular complexity index is 785. The number of anilines is 1. The van der Waals surface area contributed by atoms with Crippen LogP contribution in [0.25, 0.3) is 0 Å². The molecule has 0 radical (unpaired) electrons. The molecule has 7 nitrogen and oxygen atoms in total. The first-order chi connectivity index (χ1) is 10.8. The van der Waals surface area contributed by atoms with Gasteiger partial charge in [0.05, 0.1) is 10.8 Å². The summed E-state index contributed by atoms with van der Waals surface area (Å²) >= 11 is 0. The highest BCUT2D eigenvalue weighted by atomic mass is 32.2. The zero-order valence-corrected chi connectivity index (χ0v) is 12.8. The molecule has 0 aromatic heterocycles. The lowest BCUT2D eigenvalue weighted by molar-refractivity contribution is -0.313. The Kier molecular flexibility index (Phi) is 3.73. The SMILES string of the molecule is NS(=O)(=O)c1ccc(NC(=O)[C@@H]2[C@@H](C(=O)[O-])[C@@H]3C=C[C@@H]2C3)cc1. The summed E-state index contributed by atoms with van der Waals surface area (Å²) in [6.07, 6.45) is 4.34. The monoisotopic (exact) mass is 335 g/mol. The minimum atomic E-state index is -3.80. The number of sulfonamides is 1. The van der Waals surface area contributed by atoms with Gasteiger partial charge < -0.3 is 15.2 Å². The molecule has 1 aromatic carbocycles. The van der Waals surface area contributed by atoms with Gasteiger partial charge in [-0.05, 0) is 42.5 Å². The second-order valence-electron chi connectivity index (χ2n) is 5.88. The molecular weight excluding hydrogens is 320 g/mol. The molecule has 23 heavy (non-hydrogen) atoms. The standard InChI is InChI=1S/C15H16N2O5S/c16-23(21,22)11-5-3-10(4-6-11)17-14(18)12-8-1-2-9(7-8)13(12)15(19)20/h1-6,8-9,12-13H,7H2,(H,17,18)(H,19,20)(H2,16,21,22)/p-1/t8-,9-,12+,13+/m1/s1. The zero-order valence-electron chi connectivity index (χ0n) is 12.0. The van der Waals surface area contributed by atoms with Gasteiger partial charge in [-0.2, -0.15) is 0 Å². The number of benzene rings is 1. The van der Waals surface area contributed by atoms with Crippen LogP contribution in [0.1, 0.15) is 6.42 Å². The van der Waals surface area contributed by atoms with Crippen molar-refractivity contribution in [3.05, 3.63) is 36.4 Å². The van der Waals surface area contributed by atoms with Gasteiger partial charge in [0, 0.05) is 17.6 Å². The average molecular weight is 335 g/mol. The maximum absolute atomic E-state index is 12.4. The maximum Gasteiger partial charge on any atom is 0.238 e. The van der Waals surface area contributed by atoms with Crippen LogP contribution in [0.15, 0.2) is 41.3 Å². The molecule has 122 valence electrons. The molecule has 3 N–H and O–H groups in total. The fourth-order valence-corrected chi connectivity index (χ4v) is 3.97. The summed E-state index contributed by atoms with van der Waals surface area (Å²) < 4.78 is 22.4. The van der Waals surface area contributed by atoms with E-state index in [1.165, 1.54) is 24.3 Å². The molecule has 1 fully saturated rings. The maximum atomic E-state index is 12.4. The molecule has 2 aliphatic carbocycles. The fourth-order valence-electron chi connectivity index (χ4n) is 3.45. The van der Waals surface area contributed by atoms with E-state index in [-0.39, 0.29) is 16.7 Å². The molecule has 0 unspecified atom stereocenters. The van der Waals surface area contributed by atoms with Crippen molar-refractivity contribution in [2.75, 3.05) is 5.32 Å². The molecule has 2 bridgehead atoms. The minimum absolute atomic E-state index is 0.0639. The number of primary sulfonamides is 1. The van der Waals surface area contributed by atoms with Gasteiger partial charge in [0.2, 0.25) is 15.9 Å². The Morgan fingerprint density at radius 3 is 2.17 bits per heavy atom.